The monoisotopic (exact) mass is 268 g/mol. The van der Waals surface area contributed by atoms with Crippen molar-refractivity contribution in [1.82, 2.24) is 4.98 Å². The lowest BCUT2D eigenvalue weighted by atomic mass is 10.0. The zero-order valence-electron chi connectivity index (χ0n) is 12.0. The molecule has 1 N–H and O–H groups in total. The molecule has 0 radical (unpaired) electrons. The van der Waals surface area contributed by atoms with Crippen molar-refractivity contribution in [3.8, 4) is 0 Å². The number of nitrogens with zero attached hydrogens (tertiary/aromatic N) is 1. The molecule has 0 saturated heterocycles. The van der Waals surface area contributed by atoms with Crippen LogP contribution in [0.4, 0.5) is 5.69 Å². The zero-order chi connectivity index (χ0) is 14.4. The number of aryl methyl sites for hydroxylation is 1. The van der Waals surface area contributed by atoms with Gasteiger partial charge >= 0.3 is 0 Å². The predicted molar refractivity (Wildman–Crippen MR) is 81.1 cm³/mol. The van der Waals surface area contributed by atoms with E-state index in [4.69, 9.17) is 0 Å². The Balaban J connectivity index is 2.46. The van der Waals surface area contributed by atoms with Crippen LogP contribution in [0.1, 0.15) is 42.7 Å². The Labute approximate surface area is 119 Å². The van der Waals surface area contributed by atoms with Gasteiger partial charge in [-0.25, -0.2) is 4.99 Å². The highest BCUT2D eigenvalue weighted by Crippen LogP contribution is 2.11. The van der Waals surface area contributed by atoms with Gasteiger partial charge in [0.2, 0.25) is 0 Å². The van der Waals surface area contributed by atoms with Crippen LogP contribution in [0.25, 0.3) is 0 Å². The third kappa shape index (κ3) is 3.44. The summed E-state index contributed by atoms with van der Waals surface area (Å²) in [4.78, 5) is 19.7. The van der Waals surface area contributed by atoms with E-state index in [9.17, 15) is 4.79 Å². The fourth-order valence-corrected chi connectivity index (χ4v) is 2.12. The molecule has 0 fully saturated rings. The first-order valence-electron chi connectivity index (χ1n) is 7.09. The van der Waals surface area contributed by atoms with Crippen molar-refractivity contribution in [1.29, 1.82) is 0 Å². The summed E-state index contributed by atoms with van der Waals surface area (Å²) < 4.78 is 0. The fourth-order valence-electron chi connectivity index (χ4n) is 2.12. The normalized spacial score (nSPS) is 11.6. The van der Waals surface area contributed by atoms with Crippen molar-refractivity contribution >= 4 is 11.5 Å². The van der Waals surface area contributed by atoms with Gasteiger partial charge < -0.3 is 4.98 Å². The van der Waals surface area contributed by atoms with Crippen LogP contribution in [0.2, 0.25) is 0 Å². The molecular weight excluding hydrogens is 248 g/mol. The van der Waals surface area contributed by atoms with E-state index in [-0.39, 0.29) is 5.78 Å². The molecular formula is C17H20N2O. The van der Waals surface area contributed by atoms with Crippen molar-refractivity contribution in [2.24, 2.45) is 4.99 Å². The standard InChI is InChI=1S/C17H20N2O/c1-3-8-13-11-12-16(19-17(13)15(20)4-2)18-14-9-6-5-7-10-14/h5-7,9-12H,3-4,8H2,1-2H3,(H,18,19). The second-order valence-corrected chi connectivity index (χ2v) is 4.72. The molecule has 3 nitrogen and oxygen atoms in total. The molecule has 0 saturated carbocycles. The molecule has 2 rings (SSSR count). The Morgan fingerprint density at radius 1 is 1.10 bits per heavy atom. The summed E-state index contributed by atoms with van der Waals surface area (Å²) in [6.07, 6.45) is 2.43. The largest absolute Gasteiger partial charge is 0.337 e. The Morgan fingerprint density at radius 3 is 2.50 bits per heavy atom. The molecule has 0 atom stereocenters. The van der Waals surface area contributed by atoms with E-state index in [1.165, 1.54) is 0 Å². The summed E-state index contributed by atoms with van der Waals surface area (Å²) >= 11 is 0. The maximum Gasteiger partial charge on any atom is 0.179 e. The van der Waals surface area contributed by atoms with Gasteiger partial charge in [0.05, 0.1) is 11.4 Å². The van der Waals surface area contributed by atoms with Crippen LogP contribution in [0.3, 0.4) is 0 Å². The molecule has 104 valence electrons. The molecule has 1 aromatic carbocycles. The number of benzene rings is 1. The minimum absolute atomic E-state index is 0.138. The highest BCUT2D eigenvalue weighted by molar-refractivity contribution is 5.95. The molecule has 0 unspecified atom stereocenters. The Morgan fingerprint density at radius 2 is 1.85 bits per heavy atom. The number of aromatic nitrogens is 1. The molecule has 2 aromatic rings. The lowest BCUT2D eigenvalue weighted by Crippen LogP contribution is -2.15. The average Bonchev–Trinajstić information content (AvgIpc) is 2.49. The van der Waals surface area contributed by atoms with E-state index in [0.717, 1.165) is 24.1 Å². The minimum Gasteiger partial charge on any atom is -0.337 e. The van der Waals surface area contributed by atoms with Crippen LogP contribution < -0.4 is 5.49 Å². The number of para-hydroxylation sites is 1. The predicted octanol–water partition coefficient (Wildman–Crippen LogP) is 3.79. The topological polar surface area (TPSA) is 45.2 Å². The SMILES string of the molecule is CCCc1ccc(=Nc2ccccc2)[nH]c1C(=O)CC. The van der Waals surface area contributed by atoms with Gasteiger partial charge in [0.15, 0.2) is 5.78 Å². The maximum atomic E-state index is 12.0. The van der Waals surface area contributed by atoms with Crippen LogP contribution in [-0.4, -0.2) is 10.8 Å². The second kappa shape index (κ2) is 6.85. The van der Waals surface area contributed by atoms with Crippen molar-refractivity contribution in [3.05, 3.63) is 59.2 Å². The summed E-state index contributed by atoms with van der Waals surface area (Å²) in [7, 11) is 0. The molecule has 0 aliphatic heterocycles. The number of aromatic amines is 1. The Bertz CT molecular complexity index is 642. The minimum atomic E-state index is 0.138. The summed E-state index contributed by atoms with van der Waals surface area (Å²) in [5, 5.41) is 0. The third-order valence-electron chi connectivity index (χ3n) is 3.14. The van der Waals surface area contributed by atoms with Gasteiger partial charge in [0, 0.05) is 6.42 Å². The highest BCUT2D eigenvalue weighted by atomic mass is 16.1. The molecule has 1 aromatic heterocycles. The first-order valence-corrected chi connectivity index (χ1v) is 7.09. The number of carbonyl (C=O) groups excluding carboxylic acids is 1. The van der Waals surface area contributed by atoms with Gasteiger partial charge in [-0.15, -0.1) is 0 Å². The molecule has 0 spiro atoms. The summed E-state index contributed by atoms with van der Waals surface area (Å²) in [6.45, 7) is 4.00. The van der Waals surface area contributed by atoms with Crippen LogP contribution in [-0.2, 0) is 6.42 Å². The van der Waals surface area contributed by atoms with E-state index in [1.807, 2.05) is 49.4 Å². The molecule has 20 heavy (non-hydrogen) atoms. The summed E-state index contributed by atoms with van der Waals surface area (Å²) in [5.41, 5.74) is 3.37. The number of carbonyl (C=O) groups is 1. The van der Waals surface area contributed by atoms with Gasteiger partial charge in [-0.3, -0.25) is 4.79 Å². The first-order chi connectivity index (χ1) is 9.74. The smallest absolute Gasteiger partial charge is 0.179 e. The van der Waals surface area contributed by atoms with E-state index in [0.29, 0.717) is 17.6 Å². The maximum absolute atomic E-state index is 12.0. The fraction of sp³-hybridized carbons (Fsp3) is 0.294. The average molecular weight is 268 g/mol. The van der Waals surface area contributed by atoms with E-state index >= 15 is 0 Å². The quantitative estimate of drug-likeness (QED) is 0.824. The van der Waals surface area contributed by atoms with Crippen LogP contribution in [0.15, 0.2) is 47.5 Å². The number of rotatable bonds is 5. The first kappa shape index (κ1) is 14.3. The second-order valence-electron chi connectivity index (χ2n) is 4.72. The van der Waals surface area contributed by atoms with Gasteiger partial charge in [0.1, 0.15) is 5.49 Å². The lowest BCUT2D eigenvalue weighted by molar-refractivity contribution is 0.0982. The molecule has 1 heterocycles. The van der Waals surface area contributed by atoms with Gasteiger partial charge in [-0.05, 0) is 30.2 Å². The number of H-pyrrole nitrogens is 1. The van der Waals surface area contributed by atoms with Crippen LogP contribution in [0.5, 0.6) is 0 Å². The number of hydrogen-bond acceptors (Lipinski definition) is 2. The molecule has 0 aliphatic rings. The summed E-state index contributed by atoms with van der Waals surface area (Å²) in [6, 6.07) is 13.7. The van der Waals surface area contributed by atoms with Gasteiger partial charge in [-0.1, -0.05) is 44.5 Å². The molecule has 0 aliphatic carbocycles. The van der Waals surface area contributed by atoms with Crippen molar-refractivity contribution in [2.45, 2.75) is 33.1 Å². The van der Waals surface area contributed by atoms with Crippen molar-refractivity contribution in [2.75, 3.05) is 0 Å². The highest BCUT2D eigenvalue weighted by Gasteiger charge is 2.09. The van der Waals surface area contributed by atoms with Crippen molar-refractivity contribution in [3.63, 3.8) is 0 Å². The number of hydrogen-bond donors (Lipinski definition) is 1. The molecule has 0 amide bonds. The Hall–Kier alpha value is -2.16. The number of Topliss-reactive ketones (excluding diaryl/α,β-unsaturated/α-hetero) is 1. The van der Waals surface area contributed by atoms with E-state index < -0.39 is 0 Å². The lowest BCUT2D eigenvalue weighted by Gasteiger charge is -2.07. The molecule has 0 bridgehead atoms. The number of nitrogens with one attached hydrogen (secondary N) is 1. The third-order valence-corrected chi connectivity index (χ3v) is 3.14. The number of ketones is 1. The van der Waals surface area contributed by atoms with Gasteiger partial charge in [-0.2, -0.15) is 0 Å². The van der Waals surface area contributed by atoms with Gasteiger partial charge in [0.25, 0.3) is 0 Å². The Kier molecular flexibility index (Phi) is 4.88. The number of pyridine rings is 1. The van der Waals surface area contributed by atoms with E-state index in [1.54, 1.807) is 0 Å². The van der Waals surface area contributed by atoms with Crippen LogP contribution in [0, 0.1) is 0 Å². The molecule has 3 heteroatoms. The zero-order valence-corrected chi connectivity index (χ0v) is 12.0. The van der Waals surface area contributed by atoms with Crippen molar-refractivity contribution < 1.29 is 4.79 Å². The van der Waals surface area contributed by atoms with Crippen LogP contribution >= 0.6 is 0 Å². The van der Waals surface area contributed by atoms with E-state index in [2.05, 4.69) is 16.9 Å². The summed E-state index contributed by atoms with van der Waals surface area (Å²) in [5.74, 6) is 0.138.